The predicted molar refractivity (Wildman–Crippen MR) is 74.9 cm³/mol. The van der Waals surface area contributed by atoms with E-state index in [0.717, 1.165) is 24.6 Å². The first-order chi connectivity index (χ1) is 8.80. The molecule has 0 bridgehead atoms. The second-order valence-electron chi connectivity index (χ2n) is 4.08. The van der Waals surface area contributed by atoms with Crippen LogP contribution < -0.4 is 10.6 Å². The van der Waals surface area contributed by atoms with Gasteiger partial charge in [-0.1, -0.05) is 19.8 Å². The Hall–Kier alpha value is -1.36. The first kappa shape index (κ1) is 14.7. The number of hydrogen-bond acceptors (Lipinski definition) is 5. The Morgan fingerprint density at radius 1 is 1.17 bits per heavy atom. The molecule has 0 spiro atoms. The van der Waals surface area contributed by atoms with Crippen molar-refractivity contribution in [3.05, 3.63) is 11.9 Å². The van der Waals surface area contributed by atoms with Crippen LogP contribution >= 0.6 is 0 Å². The quantitative estimate of drug-likeness (QED) is 0.662. The third-order valence-corrected chi connectivity index (χ3v) is 2.55. The predicted octanol–water partition coefficient (Wildman–Crippen LogP) is 2.66. The molecule has 0 atom stereocenters. The fourth-order valence-corrected chi connectivity index (χ4v) is 1.57. The van der Waals surface area contributed by atoms with Crippen LogP contribution in [0.25, 0.3) is 0 Å². The fourth-order valence-electron chi connectivity index (χ4n) is 1.57. The van der Waals surface area contributed by atoms with Crippen LogP contribution in [0.4, 0.5) is 11.6 Å². The monoisotopic (exact) mass is 252 g/mol. The third kappa shape index (κ3) is 5.31. The molecule has 1 aromatic heterocycles. The molecule has 1 heterocycles. The van der Waals surface area contributed by atoms with Crippen molar-refractivity contribution >= 4 is 11.6 Å². The van der Waals surface area contributed by atoms with Crippen LogP contribution in [-0.4, -0.2) is 30.2 Å². The molecule has 0 amide bonds. The molecule has 0 saturated carbocycles. The van der Waals surface area contributed by atoms with E-state index in [2.05, 4.69) is 27.5 Å². The Bertz CT molecular complexity index is 344. The minimum Gasteiger partial charge on any atom is -0.374 e. The van der Waals surface area contributed by atoms with E-state index in [9.17, 15) is 0 Å². The van der Waals surface area contributed by atoms with Gasteiger partial charge >= 0.3 is 0 Å². The van der Waals surface area contributed by atoms with Gasteiger partial charge in [-0.3, -0.25) is 0 Å². The Labute approximate surface area is 109 Å². The van der Waals surface area contributed by atoms with Crippen LogP contribution in [0.3, 0.4) is 0 Å². The van der Waals surface area contributed by atoms with Gasteiger partial charge < -0.3 is 15.4 Å². The van der Waals surface area contributed by atoms with E-state index in [-0.39, 0.29) is 0 Å². The van der Waals surface area contributed by atoms with Crippen LogP contribution in [-0.2, 0) is 11.3 Å². The molecule has 0 fully saturated rings. The van der Waals surface area contributed by atoms with Crippen molar-refractivity contribution in [2.45, 2.75) is 39.7 Å². The van der Waals surface area contributed by atoms with Crippen molar-refractivity contribution in [3.63, 3.8) is 0 Å². The third-order valence-electron chi connectivity index (χ3n) is 2.55. The molecule has 0 aliphatic carbocycles. The SMILES string of the molecule is CCCCCNc1cc(NC)nc(COCC)n1. The van der Waals surface area contributed by atoms with Gasteiger partial charge in [-0.25, -0.2) is 9.97 Å². The molecule has 0 unspecified atom stereocenters. The van der Waals surface area contributed by atoms with E-state index in [1.807, 2.05) is 20.0 Å². The van der Waals surface area contributed by atoms with E-state index in [4.69, 9.17) is 4.74 Å². The summed E-state index contributed by atoms with van der Waals surface area (Å²) in [4.78, 5) is 8.78. The number of nitrogens with zero attached hydrogens (tertiary/aromatic N) is 2. The zero-order valence-electron chi connectivity index (χ0n) is 11.6. The van der Waals surface area contributed by atoms with Crippen molar-refractivity contribution < 1.29 is 4.74 Å². The van der Waals surface area contributed by atoms with Crippen molar-refractivity contribution in [1.29, 1.82) is 0 Å². The lowest BCUT2D eigenvalue weighted by Gasteiger charge is -2.09. The number of unbranched alkanes of at least 4 members (excludes halogenated alkanes) is 2. The number of rotatable bonds is 9. The Morgan fingerprint density at radius 2 is 1.94 bits per heavy atom. The van der Waals surface area contributed by atoms with Crippen molar-refractivity contribution in [2.24, 2.45) is 0 Å². The molecule has 5 heteroatoms. The standard InChI is InChI=1S/C13H24N4O/c1-4-6-7-8-15-12-9-11(14-3)16-13(17-12)10-18-5-2/h9H,4-8,10H2,1-3H3,(H2,14,15,16,17). The average Bonchev–Trinajstić information content (AvgIpc) is 2.41. The van der Waals surface area contributed by atoms with Crippen LogP contribution in [0, 0.1) is 0 Å². The average molecular weight is 252 g/mol. The number of aromatic nitrogens is 2. The molecule has 1 aromatic rings. The van der Waals surface area contributed by atoms with Gasteiger partial charge in [-0.2, -0.15) is 0 Å². The molecule has 0 radical (unpaired) electrons. The summed E-state index contributed by atoms with van der Waals surface area (Å²) in [6.45, 7) is 6.24. The Morgan fingerprint density at radius 3 is 2.61 bits per heavy atom. The summed E-state index contributed by atoms with van der Waals surface area (Å²) < 4.78 is 5.34. The second-order valence-corrected chi connectivity index (χ2v) is 4.08. The van der Waals surface area contributed by atoms with Gasteiger partial charge in [-0.15, -0.1) is 0 Å². The highest BCUT2D eigenvalue weighted by Gasteiger charge is 2.03. The first-order valence-electron chi connectivity index (χ1n) is 6.67. The van der Waals surface area contributed by atoms with E-state index in [0.29, 0.717) is 19.0 Å². The van der Waals surface area contributed by atoms with Gasteiger partial charge in [-0.05, 0) is 13.3 Å². The number of nitrogens with one attached hydrogen (secondary N) is 2. The number of ether oxygens (including phenoxy) is 1. The zero-order valence-corrected chi connectivity index (χ0v) is 11.6. The fraction of sp³-hybridized carbons (Fsp3) is 0.692. The largest absolute Gasteiger partial charge is 0.374 e. The Balaban J connectivity index is 2.58. The smallest absolute Gasteiger partial charge is 0.158 e. The maximum atomic E-state index is 5.34. The summed E-state index contributed by atoms with van der Waals surface area (Å²) in [5.41, 5.74) is 0. The van der Waals surface area contributed by atoms with Crippen LogP contribution in [0.15, 0.2) is 6.07 Å². The van der Waals surface area contributed by atoms with Crippen LogP contribution in [0.1, 0.15) is 38.9 Å². The normalized spacial score (nSPS) is 10.4. The highest BCUT2D eigenvalue weighted by Crippen LogP contribution is 2.11. The Kier molecular flexibility index (Phi) is 7.10. The summed E-state index contributed by atoms with van der Waals surface area (Å²) >= 11 is 0. The molecule has 5 nitrogen and oxygen atoms in total. The summed E-state index contributed by atoms with van der Waals surface area (Å²) in [6, 6.07) is 1.92. The maximum absolute atomic E-state index is 5.34. The molecule has 18 heavy (non-hydrogen) atoms. The summed E-state index contributed by atoms with van der Waals surface area (Å²) in [6.07, 6.45) is 3.63. The minimum atomic E-state index is 0.454. The molecule has 0 aliphatic heterocycles. The molecule has 0 aromatic carbocycles. The summed E-state index contributed by atoms with van der Waals surface area (Å²) in [5.74, 6) is 2.39. The van der Waals surface area contributed by atoms with Gasteiger partial charge in [0.1, 0.15) is 18.2 Å². The van der Waals surface area contributed by atoms with Gasteiger partial charge in [0.25, 0.3) is 0 Å². The lowest BCUT2D eigenvalue weighted by atomic mass is 10.2. The van der Waals surface area contributed by atoms with Crippen molar-refractivity contribution in [3.8, 4) is 0 Å². The van der Waals surface area contributed by atoms with Gasteiger partial charge in [0.2, 0.25) is 0 Å². The van der Waals surface area contributed by atoms with E-state index in [1.165, 1.54) is 12.8 Å². The topological polar surface area (TPSA) is 59.1 Å². The minimum absolute atomic E-state index is 0.454. The van der Waals surface area contributed by atoms with Crippen molar-refractivity contribution in [2.75, 3.05) is 30.8 Å². The lowest BCUT2D eigenvalue weighted by molar-refractivity contribution is 0.128. The van der Waals surface area contributed by atoms with E-state index >= 15 is 0 Å². The van der Waals surface area contributed by atoms with Gasteiger partial charge in [0.05, 0.1) is 0 Å². The molecule has 102 valence electrons. The van der Waals surface area contributed by atoms with Gasteiger partial charge in [0, 0.05) is 26.3 Å². The molecule has 2 N–H and O–H groups in total. The molecular weight excluding hydrogens is 228 g/mol. The second kappa shape index (κ2) is 8.69. The number of anilines is 2. The summed E-state index contributed by atoms with van der Waals surface area (Å²) in [5, 5.41) is 6.36. The van der Waals surface area contributed by atoms with E-state index in [1.54, 1.807) is 0 Å². The molecular formula is C13H24N4O. The number of hydrogen-bond donors (Lipinski definition) is 2. The zero-order chi connectivity index (χ0) is 13.2. The molecule has 0 aliphatic rings. The maximum Gasteiger partial charge on any atom is 0.158 e. The van der Waals surface area contributed by atoms with E-state index < -0.39 is 0 Å². The lowest BCUT2D eigenvalue weighted by Crippen LogP contribution is -2.08. The molecule has 1 rings (SSSR count). The van der Waals surface area contributed by atoms with Crippen LogP contribution in [0.5, 0.6) is 0 Å². The first-order valence-corrected chi connectivity index (χ1v) is 6.67. The van der Waals surface area contributed by atoms with Gasteiger partial charge in [0.15, 0.2) is 5.82 Å². The summed E-state index contributed by atoms with van der Waals surface area (Å²) in [7, 11) is 1.85. The highest BCUT2D eigenvalue weighted by molar-refractivity contribution is 5.47. The van der Waals surface area contributed by atoms with Crippen LogP contribution in [0.2, 0.25) is 0 Å². The highest BCUT2D eigenvalue weighted by atomic mass is 16.5. The van der Waals surface area contributed by atoms with Crippen molar-refractivity contribution in [1.82, 2.24) is 9.97 Å². The molecule has 0 saturated heterocycles.